The number of para-hydroxylation sites is 2. The lowest BCUT2D eigenvalue weighted by Crippen LogP contribution is -2.46. The van der Waals surface area contributed by atoms with Crippen LogP contribution in [0.1, 0.15) is 5.56 Å². The number of benzene rings is 2. The van der Waals surface area contributed by atoms with Gasteiger partial charge in [0.2, 0.25) is 0 Å². The van der Waals surface area contributed by atoms with Crippen LogP contribution in [0.25, 0.3) is 10.9 Å². The van der Waals surface area contributed by atoms with Crippen LogP contribution in [0.2, 0.25) is 5.02 Å². The van der Waals surface area contributed by atoms with Gasteiger partial charge >= 0.3 is 0 Å². The highest BCUT2D eigenvalue weighted by Gasteiger charge is 2.21. The second kappa shape index (κ2) is 7.52. The molecule has 26 heavy (non-hydrogen) atoms. The Morgan fingerprint density at radius 2 is 1.81 bits per heavy atom. The molecule has 1 fully saturated rings. The normalized spacial score (nSPS) is 15.4. The van der Waals surface area contributed by atoms with Crippen LogP contribution in [0.5, 0.6) is 5.75 Å². The lowest BCUT2D eigenvalue weighted by Gasteiger charge is -2.36. The van der Waals surface area contributed by atoms with Crippen LogP contribution in [-0.4, -0.2) is 43.2 Å². The lowest BCUT2D eigenvalue weighted by atomic mass is 10.1. The molecule has 1 aromatic heterocycles. The van der Waals surface area contributed by atoms with Crippen LogP contribution in [0.4, 0.5) is 5.69 Å². The van der Waals surface area contributed by atoms with Crippen LogP contribution >= 0.6 is 11.6 Å². The van der Waals surface area contributed by atoms with E-state index in [9.17, 15) is 0 Å². The van der Waals surface area contributed by atoms with Crippen molar-refractivity contribution in [2.45, 2.75) is 6.54 Å². The SMILES string of the molecule is COc1ccccc1N1CCN(Cc2c(Cl)ccc3cccnc23)CC1. The molecule has 134 valence electrons. The van der Waals surface area contributed by atoms with Crippen LogP contribution in [0, 0.1) is 0 Å². The molecule has 0 saturated carbocycles. The van der Waals surface area contributed by atoms with Crippen molar-refractivity contribution in [1.29, 1.82) is 0 Å². The zero-order valence-corrected chi connectivity index (χ0v) is 15.6. The fourth-order valence-electron chi connectivity index (χ4n) is 3.59. The van der Waals surface area contributed by atoms with Crippen LogP contribution in [0.3, 0.4) is 0 Å². The summed E-state index contributed by atoms with van der Waals surface area (Å²) in [6.45, 7) is 4.73. The molecule has 0 unspecified atom stereocenters. The molecule has 1 saturated heterocycles. The number of pyridine rings is 1. The highest BCUT2D eigenvalue weighted by molar-refractivity contribution is 6.32. The summed E-state index contributed by atoms with van der Waals surface area (Å²) in [5.41, 5.74) is 3.29. The van der Waals surface area contributed by atoms with Crippen molar-refractivity contribution in [1.82, 2.24) is 9.88 Å². The smallest absolute Gasteiger partial charge is 0.142 e. The molecule has 0 bridgehead atoms. The molecule has 1 aliphatic rings. The fourth-order valence-corrected chi connectivity index (χ4v) is 3.81. The van der Waals surface area contributed by atoms with Crippen molar-refractivity contribution in [3.63, 3.8) is 0 Å². The van der Waals surface area contributed by atoms with Gasteiger partial charge < -0.3 is 9.64 Å². The van der Waals surface area contributed by atoms with Gasteiger partial charge in [0.25, 0.3) is 0 Å². The summed E-state index contributed by atoms with van der Waals surface area (Å²) in [5.74, 6) is 0.933. The molecule has 0 atom stereocenters. The summed E-state index contributed by atoms with van der Waals surface area (Å²) in [4.78, 5) is 9.39. The van der Waals surface area contributed by atoms with Crippen molar-refractivity contribution in [3.8, 4) is 5.75 Å². The van der Waals surface area contributed by atoms with E-state index in [0.717, 1.165) is 60.0 Å². The van der Waals surface area contributed by atoms with E-state index in [1.807, 2.05) is 36.5 Å². The van der Waals surface area contributed by atoms with Gasteiger partial charge in [-0.3, -0.25) is 9.88 Å². The summed E-state index contributed by atoms with van der Waals surface area (Å²) in [6.07, 6.45) is 1.84. The van der Waals surface area contributed by atoms with E-state index in [4.69, 9.17) is 16.3 Å². The number of aromatic nitrogens is 1. The molecule has 0 spiro atoms. The minimum absolute atomic E-state index is 0.795. The minimum atomic E-state index is 0.795. The highest BCUT2D eigenvalue weighted by Crippen LogP contribution is 2.30. The molecule has 2 aromatic carbocycles. The van der Waals surface area contributed by atoms with Gasteiger partial charge in [-0.15, -0.1) is 0 Å². The number of piperazine rings is 1. The summed E-state index contributed by atoms with van der Waals surface area (Å²) in [7, 11) is 1.73. The Kier molecular flexibility index (Phi) is 4.96. The Bertz CT molecular complexity index is 907. The Hall–Kier alpha value is -2.30. The molecule has 2 heterocycles. The minimum Gasteiger partial charge on any atom is -0.495 e. The molecular weight excluding hydrogens is 346 g/mol. The van der Waals surface area contributed by atoms with Crippen molar-refractivity contribution in [2.75, 3.05) is 38.2 Å². The number of fused-ring (bicyclic) bond motifs is 1. The highest BCUT2D eigenvalue weighted by atomic mass is 35.5. The van der Waals surface area contributed by atoms with Gasteiger partial charge in [0.05, 0.1) is 18.3 Å². The summed E-state index contributed by atoms with van der Waals surface area (Å²) in [5, 5.41) is 1.93. The van der Waals surface area contributed by atoms with Gasteiger partial charge in [0.1, 0.15) is 5.75 Å². The van der Waals surface area contributed by atoms with Gasteiger partial charge in [-0.1, -0.05) is 35.9 Å². The standard InChI is InChI=1S/C21H22ClN3O/c1-26-20-7-3-2-6-19(20)25-13-11-24(12-14-25)15-17-18(22)9-8-16-5-4-10-23-21(16)17/h2-10H,11-15H2,1H3. The molecule has 4 nitrogen and oxygen atoms in total. The number of halogens is 1. The van der Waals surface area contributed by atoms with Gasteiger partial charge in [0, 0.05) is 54.9 Å². The largest absolute Gasteiger partial charge is 0.495 e. The van der Waals surface area contributed by atoms with Crippen molar-refractivity contribution in [2.24, 2.45) is 0 Å². The Labute approximate surface area is 159 Å². The van der Waals surface area contributed by atoms with E-state index in [1.54, 1.807) is 7.11 Å². The number of rotatable bonds is 4. The third-order valence-electron chi connectivity index (χ3n) is 5.00. The molecule has 0 N–H and O–H groups in total. The maximum atomic E-state index is 6.49. The lowest BCUT2D eigenvalue weighted by molar-refractivity contribution is 0.250. The molecule has 3 aromatic rings. The second-order valence-electron chi connectivity index (χ2n) is 6.54. The third-order valence-corrected chi connectivity index (χ3v) is 5.36. The van der Waals surface area contributed by atoms with Gasteiger partial charge in [-0.2, -0.15) is 0 Å². The average molecular weight is 368 g/mol. The van der Waals surface area contributed by atoms with Crippen LogP contribution in [0.15, 0.2) is 54.7 Å². The van der Waals surface area contributed by atoms with E-state index < -0.39 is 0 Å². The van der Waals surface area contributed by atoms with Gasteiger partial charge in [0.15, 0.2) is 0 Å². The predicted molar refractivity (Wildman–Crippen MR) is 107 cm³/mol. The Morgan fingerprint density at radius 1 is 1.00 bits per heavy atom. The van der Waals surface area contributed by atoms with Gasteiger partial charge in [-0.25, -0.2) is 0 Å². The number of hydrogen-bond acceptors (Lipinski definition) is 4. The van der Waals surface area contributed by atoms with E-state index in [-0.39, 0.29) is 0 Å². The molecule has 4 rings (SSSR count). The molecule has 5 heteroatoms. The molecule has 0 radical (unpaired) electrons. The molecule has 1 aliphatic heterocycles. The zero-order valence-electron chi connectivity index (χ0n) is 14.9. The Morgan fingerprint density at radius 3 is 2.62 bits per heavy atom. The van der Waals surface area contributed by atoms with E-state index >= 15 is 0 Å². The third kappa shape index (κ3) is 3.35. The van der Waals surface area contributed by atoms with E-state index in [2.05, 4.69) is 33.0 Å². The maximum Gasteiger partial charge on any atom is 0.142 e. The number of nitrogens with zero attached hydrogens (tertiary/aromatic N) is 3. The number of hydrogen-bond donors (Lipinski definition) is 0. The van der Waals surface area contributed by atoms with Crippen LogP contribution < -0.4 is 9.64 Å². The monoisotopic (exact) mass is 367 g/mol. The number of ether oxygens (including phenoxy) is 1. The van der Waals surface area contributed by atoms with E-state index in [1.165, 1.54) is 5.69 Å². The topological polar surface area (TPSA) is 28.6 Å². The summed E-state index contributed by atoms with van der Waals surface area (Å²) in [6, 6.07) is 16.3. The first-order valence-electron chi connectivity index (χ1n) is 8.88. The first-order valence-corrected chi connectivity index (χ1v) is 9.26. The fraction of sp³-hybridized carbons (Fsp3) is 0.286. The number of anilines is 1. The Balaban J connectivity index is 1.49. The van der Waals surface area contributed by atoms with Crippen molar-refractivity contribution >= 4 is 28.2 Å². The molecule has 0 aliphatic carbocycles. The maximum absolute atomic E-state index is 6.49. The molecular formula is C21H22ClN3O. The van der Waals surface area contributed by atoms with Gasteiger partial charge in [-0.05, 0) is 24.3 Å². The van der Waals surface area contributed by atoms with Crippen molar-refractivity contribution in [3.05, 3.63) is 65.3 Å². The zero-order chi connectivity index (χ0) is 17.9. The summed E-state index contributed by atoms with van der Waals surface area (Å²) < 4.78 is 5.50. The van der Waals surface area contributed by atoms with Crippen molar-refractivity contribution < 1.29 is 4.74 Å². The summed E-state index contributed by atoms with van der Waals surface area (Å²) >= 11 is 6.49. The first-order chi connectivity index (χ1) is 12.8. The van der Waals surface area contributed by atoms with E-state index in [0.29, 0.717) is 0 Å². The number of methoxy groups -OCH3 is 1. The second-order valence-corrected chi connectivity index (χ2v) is 6.94. The average Bonchev–Trinajstić information content (AvgIpc) is 2.70. The quantitative estimate of drug-likeness (QED) is 0.690. The predicted octanol–water partition coefficient (Wildman–Crippen LogP) is 4.22. The molecule has 0 amide bonds. The first kappa shape index (κ1) is 17.1. The van der Waals surface area contributed by atoms with Crippen LogP contribution in [-0.2, 0) is 6.54 Å².